The highest BCUT2D eigenvalue weighted by molar-refractivity contribution is 7.99. The number of hydrogen-bond acceptors (Lipinski definition) is 1. The number of hydrogen-bond donors (Lipinski definition) is 0. The number of fused-ring (bicyclic) bond motifs is 2. The van der Waals surface area contributed by atoms with Crippen LogP contribution in [-0.2, 0) is 0 Å². The summed E-state index contributed by atoms with van der Waals surface area (Å²) in [5.74, 6) is 2.11. The summed E-state index contributed by atoms with van der Waals surface area (Å²) in [4.78, 5) is 1.46. The Morgan fingerprint density at radius 3 is 2.05 bits per heavy atom. The van der Waals surface area contributed by atoms with E-state index in [9.17, 15) is 0 Å². The molecule has 4 unspecified atom stereocenters. The first-order chi connectivity index (χ1) is 18.1. The van der Waals surface area contributed by atoms with Crippen LogP contribution < -0.4 is 10.6 Å². The zero-order valence-electron chi connectivity index (χ0n) is 26.9. The van der Waals surface area contributed by atoms with Gasteiger partial charge in [-0.2, -0.15) is 0 Å². The molecule has 0 saturated heterocycles. The highest BCUT2D eigenvalue weighted by atomic mass is 32.2. The molecule has 2 bridgehead atoms. The maximum Gasteiger partial charge on any atom is 0.0149 e. The van der Waals surface area contributed by atoms with Gasteiger partial charge in [-0.25, -0.2) is 0 Å². The van der Waals surface area contributed by atoms with Crippen LogP contribution in [0.15, 0.2) is 64.6 Å². The topological polar surface area (TPSA) is 0 Å². The fourth-order valence-electron chi connectivity index (χ4n) is 8.13. The maximum absolute atomic E-state index is 2.64. The number of benzene rings is 2. The third-order valence-electron chi connectivity index (χ3n) is 10.1. The highest BCUT2D eigenvalue weighted by Crippen LogP contribution is 2.73. The van der Waals surface area contributed by atoms with Crippen molar-refractivity contribution in [3.63, 3.8) is 0 Å². The van der Waals surface area contributed by atoms with Crippen molar-refractivity contribution < 1.29 is 0 Å². The zero-order valence-corrected chi connectivity index (χ0v) is 29.5. The summed E-state index contributed by atoms with van der Waals surface area (Å²) in [6.07, 6.45) is 6.12. The average molecular weight is 581 g/mol. The van der Waals surface area contributed by atoms with Gasteiger partial charge in [0, 0.05) is 10.6 Å². The lowest BCUT2D eigenvalue weighted by Gasteiger charge is -2.48. The van der Waals surface area contributed by atoms with E-state index in [1.807, 2.05) is 22.9 Å². The van der Waals surface area contributed by atoms with Gasteiger partial charge in [0.15, 0.2) is 0 Å². The molecule has 0 aromatic heterocycles. The van der Waals surface area contributed by atoms with Gasteiger partial charge in [0.1, 0.15) is 0 Å². The Kier molecular flexibility index (Phi) is 9.30. The second-order valence-electron chi connectivity index (χ2n) is 14.8. The van der Waals surface area contributed by atoms with Crippen LogP contribution in [0.2, 0.25) is 0 Å². The van der Waals surface area contributed by atoms with Gasteiger partial charge < -0.3 is 0 Å². The molecule has 0 amide bonds. The summed E-state index contributed by atoms with van der Waals surface area (Å²) in [5.41, 5.74) is 6.37. The van der Waals surface area contributed by atoms with Crippen molar-refractivity contribution in [2.24, 2.45) is 23.2 Å². The van der Waals surface area contributed by atoms with Crippen molar-refractivity contribution in [3.8, 4) is 0 Å². The van der Waals surface area contributed by atoms with Crippen molar-refractivity contribution in [2.45, 2.75) is 110 Å². The van der Waals surface area contributed by atoms with Crippen LogP contribution in [0.4, 0.5) is 0 Å². The molecule has 1 fully saturated rings. The molecule has 0 radical (unpaired) electrons. The summed E-state index contributed by atoms with van der Waals surface area (Å²) >= 11 is 1.92. The largest absolute Gasteiger partial charge is 0.129 e. The Morgan fingerprint density at radius 2 is 1.49 bits per heavy atom. The van der Waals surface area contributed by atoms with Crippen molar-refractivity contribution in [2.75, 3.05) is 12.4 Å². The molecule has 0 spiro atoms. The zero-order chi connectivity index (χ0) is 28.9. The van der Waals surface area contributed by atoms with Gasteiger partial charge in [-0.1, -0.05) is 131 Å². The number of aryl methyl sites for hydroxylation is 1. The fraction of sp³-hybridized carbons (Fsp3) is 0.611. The van der Waals surface area contributed by atoms with E-state index >= 15 is 0 Å². The van der Waals surface area contributed by atoms with Crippen molar-refractivity contribution >= 4 is 38.2 Å². The summed E-state index contributed by atoms with van der Waals surface area (Å²) in [5, 5.41) is 3.83. The molecular formula is C36H54P2S. The molecular weight excluding hydrogens is 526 g/mol. The Morgan fingerprint density at radius 1 is 0.923 bits per heavy atom. The number of rotatable bonds is 7. The van der Waals surface area contributed by atoms with Gasteiger partial charge >= 0.3 is 0 Å². The Labute approximate surface area is 248 Å². The van der Waals surface area contributed by atoms with E-state index in [0.29, 0.717) is 21.6 Å². The summed E-state index contributed by atoms with van der Waals surface area (Å²) in [6, 6.07) is 18.4. The molecule has 1 saturated carbocycles. The third kappa shape index (κ3) is 5.99. The second kappa shape index (κ2) is 11.6. The van der Waals surface area contributed by atoms with Gasteiger partial charge in [0.05, 0.1) is 0 Å². The van der Waals surface area contributed by atoms with Crippen molar-refractivity contribution in [1.29, 1.82) is 0 Å². The molecule has 6 atom stereocenters. The number of allylic oxidation sites excluding steroid dienone is 2. The smallest absolute Gasteiger partial charge is 0.0149 e. The van der Waals surface area contributed by atoms with E-state index in [-0.39, 0.29) is 7.92 Å². The molecule has 0 heterocycles. The van der Waals surface area contributed by atoms with E-state index in [1.54, 1.807) is 10.6 Å². The Balaban J connectivity index is 1.83. The van der Waals surface area contributed by atoms with Crippen molar-refractivity contribution in [3.05, 3.63) is 65.2 Å². The summed E-state index contributed by atoms with van der Waals surface area (Å²) in [6.45, 7) is 27.9. The summed E-state index contributed by atoms with van der Waals surface area (Å²) < 4.78 is 0. The van der Waals surface area contributed by atoms with Crippen LogP contribution in [0.1, 0.15) is 87.6 Å². The predicted octanol–water partition coefficient (Wildman–Crippen LogP) is 10.6. The third-order valence-corrected chi connectivity index (χ3v) is 18.2. The molecule has 39 heavy (non-hydrogen) atoms. The standard InChI is InChI=1S/C36H54P2S/c1-24-17-13-14-18-30(24)37(31-19-15-16-20-32(31)39-12)23-25(2)28-21-26(3)36(11)22-29(28)33(27(36)4)38(34(5,6)7)35(8,9)10/h13-20,25-27,33H,21-23H2,1-12H3/t25-,26?,27?,33-,36?,37?/m0/s1. The first-order valence-corrected chi connectivity index (χ1v) is 19.2. The lowest BCUT2D eigenvalue weighted by Crippen LogP contribution is -2.36. The van der Waals surface area contributed by atoms with Crippen LogP contribution >= 0.6 is 27.6 Å². The highest BCUT2D eigenvalue weighted by Gasteiger charge is 2.57. The van der Waals surface area contributed by atoms with E-state index in [1.165, 1.54) is 29.5 Å². The molecule has 2 aliphatic rings. The number of thioether (sulfide) groups is 1. The van der Waals surface area contributed by atoms with Crippen molar-refractivity contribution in [1.82, 2.24) is 0 Å². The van der Waals surface area contributed by atoms with E-state index in [0.717, 1.165) is 17.5 Å². The van der Waals surface area contributed by atoms with Gasteiger partial charge in [-0.3, -0.25) is 0 Å². The Hall–Kier alpha value is -0.610. The minimum Gasteiger partial charge on any atom is -0.129 e. The summed E-state index contributed by atoms with van der Waals surface area (Å²) in [7, 11) is -0.630. The molecule has 2 aliphatic carbocycles. The average Bonchev–Trinajstić information content (AvgIpc) is 3.06. The van der Waals surface area contributed by atoms with E-state index in [2.05, 4.69) is 131 Å². The molecule has 0 nitrogen and oxygen atoms in total. The lowest BCUT2D eigenvalue weighted by atomic mass is 9.66. The van der Waals surface area contributed by atoms with Crippen LogP contribution in [-0.4, -0.2) is 28.4 Å². The van der Waals surface area contributed by atoms with E-state index < -0.39 is 7.92 Å². The monoisotopic (exact) mass is 580 g/mol. The van der Waals surface area contributed by atoms with Crippen LogP contribution in [0.5, 0.6) is 0 Å². The Bertz CT molecular complexity index is 1190. The predicted molar refractivity (Wildman–Crippen MR) is 183 cm³/mol. The quantitative estimate of drug-likeness (QED) is 0.178. The minimum absolute atomic E-state index is 0.194. The lowest BCUT2D eigenvalue weighted by molar-refractivity contribution is 0.142. The van der Waals surface area contributed by atoms with Gasteiger partial charge in [-0.05, 0) is 95.8 Å². The SMILES string of the molecule is CSc1ccccc1P(C[C@H](C)C1=C2CC(C)(C(C)C1)C(C)[C@@H]2P(C(C)(C)C)C(C)(C)C)c1ccccc1C. The molecule has 3 heteroatoms. The maximum atomic E-state index is 2.64. The first-order valence-electron chi connectivity index (χ1n) is 15.1. The van der Waals surface area contributed by atoms with Crippen LogP contribution in [0.3, 0.4) is 0 Å². The van der Waals surface area contributed by atoms with E-state index in [4.69, 9.17) is 0 Å². The normalized spacial score (nSPS) is 27.3. The van der Waals surface area contributed by atoms with Crippen LogP contribution in [0, 0.1) is 30.1 Å². The molecule has 4 rings (SSSR count). The second-order valence-corrected chi connectivity index (χ2v) is 21.8. The fourth-order valence-corrected chi connectivity index (χ4v) is 17.1. The van der Waals surface area contributed by atoms with Crippen LogP contribution in [0.25, 0.3) is 0 Å². The minimum atomic E-state index is -0.436. The molecule has 0 aliphatic heterocycles. The van der Waals surface area contributed by atoms with Gasteiger partial charge in [0.25, 0.3) is 0 Å². The molecule has 214 valence electrons. The molecule has 2 aromatic rings. The first kappa shape index (κ1) is 31.3. The van der Waals surface area contributed by atoms with Gasteiger partial charge in [0.2, 0.25) is 0 Å². The molecule has 0 N–H and O–H groups in total. The molecule has 2 aromatic carbocycles. The van der Waals surface area contributed by atoms with Gasteiger partial charge in [-0.15, -0.1) is 11.8 Å².